The maximum absolute atomic E-state index is 5.44. The van der Waals surface area contributed by atoms with Crippen LogP contribution in [0.5, 0.6) is 11.5 Å². The van der Waals surface area contributed by atoms with Gasteiger partial charge in [0.1, 0.15) is 0 Å². The minimum absolute atomic E-state index is 0. The largest absolute Gasteiger partial charge is 0.454 e. The lowest BCUT2D eigenvalue weighted by molar-refractivity contribution is 0.174. The van der Waals surface area contributed by atoms with Gasteiger partial charge in [0.05, 0.1) is 17.4 Å². The third kappa shape index (κ3) is 5.39. The lowest BCUT2D eigenvalue weighted by atomic mass is 10.1. The third-order valence-electron chi connectivity index (χ3n) is 5.48. The number of halogens is 1. The van der Waals surface area contributed by atoms with Gasteiger partial charge in [-0.05, 0) is 41.0 Å². The van der Waals surface area contributed by atoms with E-state index in [-0.39, 0.29) is 30.8 Å². The molecular formula is C25H26IN5O2. The number of aromatic nitrogens is 2. The summed E-state index contributed by atoms with van der Waals surface area (Å²) in [5, 5.41) is 6.70. The Labute approximate surface area is 209 Å². The Bertz CT molecular complexity index is 1250. The number of aliphatic imine (C=N–C) groups is 1. The molecule has 7 nitrogen and oxygen atoms in total. The van der Waals surface area contributed by atoms with Crippen molar-refractivity contribution in [2.75, 3.05) is 13.8 Å². The third-order valence-corrected chi connectivity index (χ3v) is 5.48. The number of hydrogen-bond donors (Lipinski definition) is 2. The minimum atomic E-state index is 0. The van der Waals surface area contributed by atoms with Gasteiger partial charge in [0, 0.05) is 26.7 Å². The molecule has 0 radical (unpaired) electrons. The molecule has 0 unspecified atom stereocenters. The van der Waals surface area contributed by atoms with Crippen molar-refractivity contribution in [2.45, 2.75) is 19.6 Å². The van der Waals surface area contributed by atoms with E-state index in [1.165, 1.54) is 11.1 Å². The van der Waals surface area contributed by atoms with Crippen molar-refractivity contribution < 1.29 is 9.47 Å². The fourth-order valence-corrected chi connectivity index (χ4v) is 3.74. The number of ether oxygens (including phenoxy) is 2. The van der Waals surface area contributed by atoms with Crippen molar-refractivity contribution >= 4 is 41.0 Å². The van der Waals surface area contributed by atoms with Gasteiger partial charge in [-0.1, -0.05) is 42.5 Å². The van der Waals surface area contributed by atoms with E-state index in [9.17, 15) is 0 Å². The Kier molecular flexibility index (Phi) is 7.33. The van der Waals surface area contributed by atoms with Crippen LogP contribution in [0.25, 0.3) is 11.0 Å². The van der Waals surface area contributed by atoms with Crippen molar-refractivity contribution in [3.05, 3.63) is 89.7 Å². The van der Waals surface area contributed by atoms with Crippen molar-refractivity contribution in [3.8, 4) is 11.5 Å². The van der Waals surface area contributed by atoms with Gasteiger partial charge in [-0.2, -0.15) is 0 Å². The van der Waals surface area contributed by atoms with Crippen LogP contribution in [-0.4, -0.2) is 29.4 Å². The quantitative estimate of drug-likeness (QED) is 0.211. The van der Waals surface area contributed by atoms with Crippen LogP contribution in [-0.2, 0) is 19.6 Å². The number of benzene rings is 3. The smallest absolute Gasteiger partial charge is 0.231 e. The van der Waals surface area contributed by atoms with E-state index in [4.69, 9.17) is 9.47 Å². The number of nitrogens with zero attached hydrogens (tertiary/aromatic N) is 3. The van der Waals surface area contributed by atoms with E-state index < -0.39 is 0 Å². The molecule has 1 aliphatic heterocycles. The minimum Gasteiger partial charge on any atom is -0.454 e. The molecule has 2 heterocycles. The molecule has 1 aliphatic rings. The molecule has 0 aliphatic carbocycles. The standard InChI is InChI=1S/C25H25N5O2.HI/c1-26-25(28-14-20-10-11-23-24(12-20)32-17-31-23)27-13-18-6-8-19(9-7-18)15-30-16-29-21-4-2-3-5-22(21)30;/h2-12,16H,13-15,17H2,1H3,(H2,26,27,28);1H. The summed E-state index contributed by atoms with van der Waals surface area (Å²) in [5.41, 5.74) is 5.70. The van der Waals surface area contributed by atoms with Crippen LogP contribution >= 0.6 is 24.0 Å². The van der Waals surface area contributed by atoms with Crippen LogP contribution in [0.2, 0.25) is 0 Å². The SMILES string of the molecule is CN=C(NCc1ccc(Cn2cnc3ccccc32)cc1)NCc1ccc2c(c1)OCO2.I. The first-order valence-electron chi connectivity index (χ1n) is 10.6. The van der Waals surface area contributed by atoms with Crippen LogP contribution < -0.4 is 20.1 Å². The average Bonchev–Trinajstić information content (AvgIpc) is 3.47. The molecular weight excluding hydrogens is 529 g/mol. The highest BCUT2D eigenvalue weighted by atomic mass is 127. The second kappa shape index (κ2) is 10.6. The molecule has 33 heavy (non-hydrogen) atoms. The molecule has 0 saturated heterocycles. The number of nitrogens with one attached hydrogen (secondary N) is 2. The topological polar surface area (TPSA) is 72.7 Å². The van der Waals surface area contributed by atoms with Gasteiger partial charge in [-0.25, -0.2) is 4.98 Å². The number of guanidine groups is 1. The van der Waals surface area contributed by atoms with Crippen LogP contribution in [0.1, 0.15) is 16.7 Å². The van der Waals surface area contributed by atoms with Crippen molar-refractivity contribution in [1.29, 1.82) is 0 Å². The van der Waals surface area contributed by atoms with Crippen molar-refractivity contribution in [1.82, 2.24) is 20.2 Å². The van der Waals surface area contributed by atoms with E-state index >= 15 is 0 Å². The van der Waals surface area contributed by atoms with Gasteiger partial charge in [0.25, 0.3) is 0 Å². The Balaban J connectivity index is 0.00000259. The molecule has 3 aromatic carbocycles. The molecule has 0 bridgehead atoms. The second-order valence-electron chi connectivity index (χ2n) is 7.64. The second-order valence-corrected chi connectivity index (χ2v) is 7.64. The molecule has 2 N–H and O–H groups in total. The fourth-order valence-electron chi connectivity index (χ4n) is 3.74. The van der Waals surface area contributed by atoms with Crippen LogP contribution in [0.15, 0.2) is 78.0 Å². The van der Waals surface area contributed by atoms with Gasteiger partial charge in [0.2, 0.25) is 6.79 Å². The van der Waals surface area contributed by atoms with Gasteiger partial charge in [0.15, 0.2) is 17.5 Å². The zero-order chi connectivity index (χ0) is 21.8. The van der Waals surface area contributed by atoms with E-state index in [2.05, 4.69) is 55.5 Å². The normalized spacial score (nSPS) is 12.5. The molecule has 0 atom stereocenters. The summed E-state index contributed by atoms with van der Waals surface area (Å²) < 4.78 is 13.0. The highest BCUT2D eigenvalue weighted by Crippen LogP contribution is 2.32. The lowest BCUT2D eigenvalue weighted by Gasteiger charge is -2.13. The summed E-state index contributed by atoms with van der Waals surface area (Å²) in [6.07, 6.45) is 1.90. The Morgan fingerprint density at radius 2 is 1.61 bits per heavy atom. The number of rotatable bonds is 6. The van der Waals surface area contributed by atoms with Gasteiger partial charge >= 0.3 is 0 Å². The summed E-state index contributed by atoms with van der Waals surface area (Å²) in [6.45, 7) is 2.42. The maximum atomic E-state index is 5.44. The molecule has 8 heteroatoms. The zero-order valence-electron chi connectivity index (χ0n) is 18.3. The highest BCUT2D eigenvalue weighted by molar-refractivity contribution is 14.0. The molecule has 4 aromatic rings. The molecule has 0 saturated carbocycles. The zero-order valence-corrected chi connectivity index (χ0v) is 20.7. The predicted molar refractivity (Wildman–Crippen MR) is 140 cm³/mol. The summed E-state index contributed by atoms with van der Waals surface area (Å²) >= 11 is 0. The lowest BCUT2D eigenvalue weighted by Crippen LogP contribution is -2.36. The monoisotopic (exact) mass is 555 g/mol. The molecule has 5 rings (SSSR count). The summed E-state index contributed by atoms with van der Waals surface area (Å²) in [6, 6.07) is 22.8. The highest BCUT2D eigenvalue weighted by Gasteiger charge is 2.13. The fraction of sp³-hybridized carbons (Fsp3) is 0.200. The Morgan fingerprint density at radius 1 is 0.909 bits per heavy atom. The number of hydrogen-bond acceptors (Lipinski definition) is 4. The van der Waals surface area contributed by atoms with Gasteiger partial charge < -0.3 is 24.7 Å². The van der Waals surface area contributed by atoms with Crippen LogP contribution in [0.3, 0.4) is 0 Å². The molecule has 0 fully saturated rings. The van der Waals surface area contributed by atoms with Crippen molar-refractivity contribution in [2.24, 2.45) is 4.99 Å². The van der Waals surface area contributed by atoms with Crippen LogP contribution in [0, 0.1) is 0 Å². The van der Waals surface area contributed by atoms with E-state index in [0.717, 1.165) is 40.6 Å². The Morgan fingerprint density at radius 3 is 2.42 bits per heavy atom. The van der Waals surface area contributed by atoms with E-state index in [1.807, 2.05) is 42.7 Å². The predicted octanol–water partition coefficient (Wildman–Crippen LogP) is 4.30. The van der Waals surface area contributed by atoms with E-state index in [1.54, 1.807) is 7.05 Å². The van der Waals surface area contributed by atoms with Crippen LogP contribution in [0.4, 0.5) is 0 Å². The molecule has 1 aromatic heterocycles. The Hall–Kier alpha value is -3.27. The molecule has 0 spiro atoms. The maximum Gasteiger partial charge on any atom is 0.231 e. The number of para-hydroxylation sites is 2. The summed E-state index contributed by atoms with van der Waals surface area (Å²) in [5.74, 6) is 2.33. The number of imidazole rings is 1. The summed E-state index contributed by atoms with van der Waals surface area (Å²) in [7, 11) is 1.77. The first-order valence-corrected chi connectivity index (χ1v) is 10.6. The van der Waals surface area contributed by atoms with E-state index in [0.29, 0.717) is 13.1 Å². The van der Waals surface area contributed by atoms with Crippen molar-refractivity contribution in [3.63, 3.8) is 0 Å². The first-order chi connectivity index (χ1) is 15.8. The summed E-state index contributed by atoms with van der Waals surface area (Å²) in [4.78, 5) is 8.78. The molecule has 170 valence electrons. The number of fused-ring (bicyclic) bond motifs is 2. The average molecular weight is 555 g/mol. The molecule has 0 amide bonds. The van der Waals surface area contributed by atoms with Gasteiger partial charge in [-0.15, -0.1) is 24.0 Å². The first kappa shape index (κ1) is 22.9. The van der Waals surface area contributed by atoms with Gasteiger partial charge in [-0.3, -0.25) is 4.99 Å².